The number of aryl methyl sites for hydroxylation is 8. The van der Waals surface area contributed by atoms with Gasteiger partial charge in [0.25, 0.3) is 0 Å². The first-order chi connectivity index (χ1) is 63.8. The number of likely N-dealkylation sites (tertiary alicyclic amines) is 4. The van der Waals surface area contributed by atoms with Crippen LogP contribution >= 0.6 is 0 Å². The molecule has 9 aliphatic rings. The Hall–Kier alpha value is -10.2. The number of piperidine rings is 8. The predicted molar refractivity (Wildman–Crippen MR) is 513 cm³/mol. The van der Waals surface area contributed by atoms with Gasteiger partial charge in [-0.05, 0) is 326 Å². The third-order valence-electron chi connectivity index (χ3n) is 29.8. The molecule has 25 heteroatoms. The minimum Gasteiger partial charge on any atom is -0.334 e. The second-order valence-corrected chi connectivity index (χ2v) is 38.3. The molecule has 1 saturated carbocycles. The van der Waals surface area contributed by atoms with Gasteiger partial charge in [0, 0.05) is 166 Å². The van der Waals surface area contributed by atoms with Crippen molar-refractivity contribution in [1.29, 1.82) is 0 Å². The summed E-state index contributed by atoms with van der Waals surface area (Å²) in [6, 6.07) is 40.3. The molecule has 21 rings (SSSR count). The van der Waals surface area contributed by atoms with Gasteiger partial charge in [-0.3, -0.25) is 60.6 Å². The molecule has 12 aromatic rings. The molecule has 8 aliphatic heterocycles. The highest BCUT2D eigenvalue weighted by Gasteiger charge is 2.51. The number of pyridine rings is 7. The van der Waals surface area contributed by atoms with E-state index in [1.165, 1.54) is 191 Å². The number of nitrogens with zero attached hydrogens (tertiary/aromatic N) is 21. The van der Waals surface area contributed by atoms with Crippen LogP contribution in [0.3, 0.4) is 0 Å². The fourth-order valence-electron chi connectivity index (χ4n) is 22.3. The van der Waals surface area contributed by atoms with E-state index in [0.717, 1.165) is 113 Å². The van der Waals surface area contributed by atoms with Crippen LogP contribution < -0.4 is 21.3 Å². The Bertz CT molecular complexity index is 5430. The summed E-state index contributed by atoms with van der Waals surface area (Å²) in [6.07, 6.45) is 64.5. The fourth-order valence-corrected chi connectivity index (χ4v) is 22.3. The SMILES string of the molecule is CN1CCC(n2ccnc2[C@H]2CCC[C@@H](c3ccccn3)N2)CC1.Cc1cccnc1[C@@H]1CCC[C@H](c2nccn2C2CCN(C)C3(CC3)C2)N1C.Cc1cccnc1[C@@H]1CCC[C@H](c2nccn2C2CCNCC2)N1C.Cc1cccnc1[C@@H]1CCC[C@H](c2nccn2CCCc2ccccn2)N1.Cc1cccnc1[C@@H]1CCC[C@H](c2nccn2CCc2ccccn2)N1. The number of rotatable bonds is 20. The highest BCUT2D eigenvalue weighted by atomic mass is 15.3. The first-order valence-electron chi connectivity index (χ1n) is 49.1. The molecule has 686 valence electrons. The van der Waals surface area contributed by atoms with Gasteiger partial charge >= 0.3 is 0 Å². The van der Waals surface area contributed by atoms with E-state index in [4.69, 9.17) is 24.9 Å². The lowest BCUT2D eigenvalue weighted by Gasteiger charge is -2.42. The maximum absolute atomic E-state index is 4.89. The van der Waals surface area contributed by atoms with E-state index in [-0.39, 0.29) is 12.1 Å². The zero-order valence-electron chi connectivity index (χ0n) is 78.4. The molecule has 8 saturated heterocycles. The van der Waals surface area contributed by atoms with Crippen molar-refractivity contribution in [2.24, 2.45) is 0 Å². The van der Waals surface area contributed by atoms with Gasteiger partial charge in [0.15, 0.2) is 0 Å². The van der Waals surface area contributed by atoms with Crippen molar-refractivity contribution < 1.29 is 0 Å². The normalized spacial score (nSPS) is 24.7. The Morgan fingerprint density at radius 1 is 0.323 bits per heavy atom. The van der Waals surface area contributed by atoms with Crippen LogP contribution in [0.5, 0.6) is 0 Å². The summed E-state index contributed by atoms with van der Waals surface area (Å²) in [5.41, 5.74) is 13.8. The quantitative estimate of drug-likeness (QED) is 0.0554. The van der Waals surface area contributed by atoms with Gasteiger partial charge < -0.3 is 38.0 Å². The van der Waals surface area contributed by atoms with Crippen LogP contribution in [0.1, 0.15) is 324 Å². The van der Waals surface area contributed by atoms with Gasteiger partial charge in [-0.1, -0.05) is 42.5 Å². The summed E-state index contributed by atoms with van der Waals surface area (Å²) in [5.74, 6) is 6.00. The lowest BCUT2D eigenvalue weighted by Crippen LogP contribution is -2.43. The topological polar surface area (TPSA) is 240 Å². The molecule has 130 heavy (non-hydrogen) atoms. The molecule has 25 nitrogen and oxygen atoms in total. The first kappa shape index (κ1) is 91.7. The Balaban J connectivity index is 0.000000114. The van der Waals surface area contributed by atoms with Crippen LogP contribution in [0.25, 0.3) is 0 Å². The number of hydrogen-bond acceptors (Lipinski definition) is 20. The van der Waals surface area contributed by atoms with Crippen LogP contribution in [0.15, 0.2) is 208 Å². The first-order valence-corrected chi connectivity index (χ1v) is 49.1. The second-order valence-electron chi connectivity index (χ2n) is 38.3. The zero-order chi connectivity index (χ0) is 89.1. The number of aromatic nitrogens is 17. The van der Waals surface area contributed by atoms with Gasteiger partial charge in [-0.2, -0.15) is 0 Å². The standard InChI is InChI=1S/C23H33N5.C22H27N5.C21H25N5.C20H29N5.C19H27N5/c1-17-6-5-12-24-21(17)19-7-4-8-20(27(19)3)22-25-13-15-28(22)18-9-14-26(2)23(16-18)10-11-23;1-17-7-5-13-24-21(17)19-10-4-11-20(26-19)22-25-14-16-27(22)15-6-9-18-8-2-3-12-23-18;1-16-6-5-12-23-20(16)18-8-4-9-19(25-18)21-24-13-15-26(21)14-10-17-7-2-3-11-22-17;1-15-5-4-10-22-19(15)17-6-3-7-18(24(17)2)20-23-13-14-25(20)16-8-11-21-12-9-16;1-23-12-8-15(9-13-23)24-14-11-21-19(24)18-7-4-6-17(22-18)16-5-2-3-10-20-16/h5-6,12-13,15,18-20H,4,7-11,14,16H2,1-3H3;2-3,5,7-8,12-14,16,19-20,26H,4,6,9-11,15H2,1H3;2-3,5-7,11-13,15,18-19,25H,4,8-10,14H2,1H3;4-5,10,13-14,16-18,21H,3,6-9,11-12H2,1-2H3;2-3,5,10-11,14-15,17-18,22H,4,6-9,12-13H2,1H3/t18?,19-,20+;19-,20+;18-,19+;2*17-,18+/m00000/s1. The summed E-state index contributed by atoms with van der Waals surface area (Å²) in [7, 11) is 9.06. The monoisotopic (exact) mass is 1750 g/mol. The van der Waals surface area contributed by atoms with Crippen LogP contribution in [0.4, 0.5) is 0 Å². The van der Waals surface area contributed by atoms with Crippen molar-refractivity contribution >= 4 is 0 Å². The maximum Gasteiger partial charge on any atom is 0.126 e. The number of imidazole rings is 5. The maximum atomic E-state index is 4.89. The molecule has 1 unspecified atom stereocenters. The lowest BCUT2D eigenvalue weighted by atomic mass is 9.91. The molecule has 9 fully saturated rings. The van der Waals surface area contributed by atoms with E-state index < -0.39 is 0 Å². The van der Waals surface area contributed by atoms with Crippen molar-refractivity contribution in [1.82, 2.24) is 124 Å². The van der Waals surface area contributed by atoms with Gasteiger partial charge in [-0.15, -0.1) is 0 Å². The summed E-state index contributed by atoms with van der Waals surface area (Å²) < 4.78 is 12.0. The third-order valence-corrected chi connectivity index (χ3v) is 29.8. The molecular formula is C105H141N25. The Morgan fingerprint density at radius 3 is 1.22 bits per heavy atom. The van der Waals surface area contributed by atoms with E-state index >= 15 is 0 Å². The van der Waals surface area contributed by atoms with Crippen LogP contribution in [0, 0.1) is 27.7 Å². The molecule has 0 aromatic carbocycles. The highest BCUT2D eigenvalue weighted by molar-refractivity contribution is 5.28. The van der Waals surface area contributed by atoms with Gasteiger partial charge in [0.1, 0.15) is 29.1 Å². The van der Waals surface area contributed by atoms with Crippen molar-refractivity contribution in [2.45, 2.75) is 292 Å². The summed E-state index contributed by atoms with van der Waals surface area (Å²) in [6.45, 7) is 16.3. The molecule has 12 aromatic heterocycles. The highest BCUT2D eigenvalue weighted by Crippen LogP contribution is 2.52. The van der Waals surface area contributed by atoms with Crippen molar-refractivity contribution in [2.75, 3.05) is 60.9 Å². The molecule has 20 heterocycles. The predicted octanol–water partition coefficient (Wildman–Crippen LogP) is 18.7. The van der Waals surface area contributed by atoms with Crippen molar-refractivity contribution in [3.63, 3.8) is 0 Å². The smallest absolute Gasteiger partial charge is 0.126 e. The number of nitrogens with one attached hydrogen (secondary N) is 4. The Morgan fingerprint density at radius 2 is 0.723 bits per heavy atom. The molecule has 0 bridgehead atoms. The van der Waals surface area contributed by atoms with E-state index in [1.807, 2.05) is 123 Å². The molecule has 0 amide bonds. The van der Waals surface area contributed by atoms with Crippen LogP contribution in [0.2, 0.25) is 0 Å². The van der Waals surface area contributed by atoms with Gasteiger partial charge in [0.05, 0.1) is 88.9 Å². The zero-order valence-corrected chi connectivity index (χ0v) is 78.4. The Labute approximate surface area is 771 Å². The number of hydrogen-bond donors (Lipinski definition) is 4. The molecule has 11 atom stereocenters. The van der Waals surface area contributed by atoms with Gasteiger partial charge in [0.2, 0.25) is 0 Å². The van der Waals surface area contributed by atoms with E-state index in [9.17, 15) is 0 Å². The fraction of sp³-hybridized carbons (Fsp3) is 0.524. The molecule has 1 spiro atoms. The van der Waals surface area contributed by atoms with Crippen molar-refractivity contribution in [3.05, 3.63) is 300 Å². The second kappa shape index (κ2) is 44.3. The minimum atomic E-state index is 0.272. The molecule has 4 N–H and O–H groups in total. The van der Waals surface area contributed by atoms with E-state index in [1.54, 1.807) is 0 Å². The summed E-state index contributed by atoms with van der Waals surface area (Å²) in [5, 5.41) is 14.9. The average Bonchev–Trinajstić information content (AvgIpc) is 1.59. The third kappa shape index (κ3) is 22.4. The van der Waals surface area contributed by atoms with E-state index in [0.29, 0.717) is 72.0 Å². The Kier molecular flexibility index (Phi) is 31.3. The van der Waals surface area contributed by atoms with E-state index in [2.05, 4.69) is 240 Å². The summed E-state index contributed by atoms with van der Waals surface area (Å²) in [4.78, 5) is 65.9. The molecule has 1 aliphatic carbocycles. The van der Waals surface area contributed by atoms with Crippen LogP contribution in [-0.4, -0.2) is 169 Å². The average molecular weight is 1750 g/mol. The van der Waals surface area contributed by atoms with Crippen LogP contribution in [-0.2, 0) is 25.9 Å². The van der Waals surface area contributed by atoms with Gasteiger partial charge in [-0.25, -0.2) is 24.9 Å². The molecular weight excluding hydrogens is 1610 g/mol. The van der Waals surface area contributed by atoms with Crippen molar-refractivity contribution in [3.8, 4) is 0 Å². The largest absolute Gasteiger partial charge is 0.334 e. The lowest BCUT2D eigenvalue weighted by molar-refractivity contribution is 0.0921. The summed E-state index contributed by atoms with van der Waals surface area (Å²) >= 11 is 0. The minimum absolute atomic E-state index is 0.272. The molecule has 0 radical (unpaired) electrons.